The fraction of sp³-hybridized carbons (Fsp3) is 0.476. The molecular formula is C42H49F3N6O. The van der Waals surface area contributed by atoms with Crippen molar-refractivity contribution in [2.24, 2.45) is 0 Å². The Balaban J connectivity index is 1.24. The second-order valence-corrected chi connectivity index (χ2v) is 15.4. The van der Waals surface area contributed by atoms with E-state index in [1.807, 2.05) is 30.3 Å². The van der Waals surface area contributed by atoms with Gasteiger partial charge in [0.2, 0.25) is 0 Å². The Hall–Kier alpha value is -3.99. The molecule has 0 radical (unpaired) electrons. The fourth-order valence-electron chi connectivity index (χ4n) is 8.64. The minimum Gasteiger partial charge on any atom is -0.369 e. The van der Waals surface area contributed by atoms with Crippen LogP contribution in [0.2, 0.25) is 0 Å². The van der Waals surface area contributed by atoms with Crippen molar-refractivity contribution >= 4 is 22.5 Å². The van der Waals surface area contributed by atoms with Gasteiger partial charge in [-0.1, -0.05) is 48.9 Å². The first kappa shape index (κ1) is 35.1. The van der Waals surface area contributed by atoms with Gasteiger partial charge in [-0.15, -0.1) is 0 Å². The number of halogens is 3. The third kappa shape index (κ3) is 7.30. The Kier molecular flexibility index (Phi) is 9.74. The summed E-state index contributed by atoms with van der Waals surface area (Å²) in [7, 11) is 2.13. The van der Waals surface area contributed by atoms with E-state index in [0.29, 0.717) is 40.5 Å². The number of nitrogens with zero attached hydrogens (tertiary/aromatic N) is 5. The summed E-state index contributed by atoms with van der Waals surface area (Å²) < 4.78 is 42.3. The number of likely N-dealkylation sites (tertiary alicyclic amines) is 2. The molecule has 4 aromatic rings. The largest absolute Gasteiger partial charge is 0.416 e. The lowest BCUT2D eigenvalue weighted by molar-refractivity contribution is -0.137. The maximum atomic E-state index is 15.0. The van der Waals surface area contributed by atoms with Gasteiger partial charge < -0.3 is 20.0 Å². The molecule has 4 heterocycles. The molecule has 1 N–H and O–H groups in total. The van der Waals surface area contributed by atoms with Crippen LogP contribution in [-0.4, -0.2) is 91.0 Å². The predicted octanol–water partition coefficient (Wildman–Crippen LogP) is 7.54. The zero-order valence-corrected chi connectivity index (χ0v) is 30.1. The van der Waals surface area contributed by atoms with Crippen molar-refractivity contribution in [2.75, 3.05) is 64.3 Å². The zero-order chi connectivity index (χ0) is 35.9. The number of aromatic nitrogens is 1. The number of carbonyl (C=O) groups is 1. The monoisotopic (exact) mass is 710 g/mol. The molecule has 1 saturated carbocycles. The van der Waals surface area contributed by atoms with Crippen molar-refractivity contribution in [2.45, 2.75) is 69.2 Å². The summed E-state index contributed by atoms with van der Waals surface area (Å²) in [6.07, 6.45) is 3.03. The molecular weight excluding hydrogens is 661 g/mol. The highest BCUT2D eigenvalue weighted by atomic mass is 19.4. The number of fused-ring (bicyclic) bond motifs is 1. The molecule has 0 atom stereocenters. The van der Waals surface area contributed by atoms with Crippen molar-refractivity contribution in [1.29, 1.82) is 0 Å². The smallest absolute Gasteiger partial charge is 0.369 e. The van der Waals surface area contributed by atoms with Crippen LogP contribution in [0.5, 0.6) is 0 Å². The quantitative estimate of drug-likeness (QED) is 0.204. The average Bonchev–Trinajstić information content (AvgIpc) is 3.95. The second kappa shape index (κ2) is 14.4. The number of piperidine rings is 2. The molecule has 0 bridgehead atoms. The van der Waals surface area contributed by atoms with Crippen molar-refractivity contribution in [3.05, 3.63) is 95.1 Å². The number of anilines is 1. The zero-order valence-electron chi connectivity index (χ0n) is 30.1. The van der Waals surface area contributed by atoms with Gasteiger partial charge in [0.05, 0.1) is 27.9 Å². The van der Waals surface area contributed by atoms with Gasteiger partial charge in [0.25, 0.3) is 5.91 Å². The molecule has 0 spiro atoms. The minimum atomic E-state index is -4.50. The number of piperazine rings is 1. The Morgan fingerprint density at radius 1 is 0.846 bits per heavy atom. The fourth-order valence-corrected chi connectivity index (χ4v) is 8.64. The molecule has 0 unspecified atom stereocenters. The summed E-state index contributed by atoms with van der Waals surface area (Å²) >= 11 is 0. The summed E-state index contributed by atoms with van der Waals surface area (Å²) in [5, 5.41) is 4.19. The number of nitrogens with one attached hydrogen (secondary N) is 1. The van der Waals surface area contributed by atoms with Crippen LogP contribution in [0.3, 0.4) is 0 Å². The maximum absolute atomic E-state index is 15.0. The molecule has 8 rings (SSSR count). The van der Waals surface area contributed by atoms with Gasteiger partial charge in [0, 0.05) is 61.0 Å². The summed E-state index contributed by atoms with van der Waals surface area (Å²) in [4.78, 5) is 29.8. The van der Waals surface area contributed by atoms with Gasteiger partial charge in [-0.05, 0) is 108 Å². The number of benzene rings is 3. The molecule has 10 heteroatoms. The molecule has 1 aromatic heterocycles. The second-order valence-electron chi connectivity index (χ2n) is 15.4. The first-order chi connectivity index (χ1) is 25.2. The van der Waals surface area contributed by atoms with Crippen molar-refractivity contribution < 1.29 is 18.0 Å². The topological polar surface area (TPSA) is 55.0 Å². The van der Waals surface area contributed by atoms with Crippen LogP contribution in [0.4, 0.5) is 18.9 Å². The van der Waals surface area contributed by atoms with E-state index in [0.717, 1.165) is 101 Å². The number of alkyl halides is 3. The van der Waals surface area contributed by atoms with Gasteiger partial charge in [0.15, 0.2) is 0 Å². The van der Waals surface area contributed by atoms with E-state index in [4.69, 9.17) is 4.98 Å². The van der Waals surface area contributed by atoms with E-state index < -0.39 is 17.3 Å². The van der Waals surface area contributed by atoms with Gasteiger partial charge in [-0.25, -0.2) is 4.98 Å². The normalized spacial score (nSPS) is 20.7. The number of amides is 1. The lowest BCUT2D eigenvalue weighted by Crippen LogP contribution is -2.46. The Morgan fingerprint density at radius 3 is 2.27 bits per heavy atom. The molecule has 4 fully saturated rings. The lowest BCUT2D eigenvalue weighted by atomic mass is 9.92. The number of rotatable bonds is 8. The summed E-state index contributed by atoms with van der Waals surface area (Å²) in [6, 6.07) is 22.1. The molecule has 1 aliphatic carbocycles. The number of carbonyl (C=O) groups excluding carboxylic acids is 1. The van der Waals surface area contributed by atoms with Crippen LogP contribution in [-0.2, 0) is 18.3 Å². The van der Waals surface area contributed by atoms with Crippen LogP contribution in [0.25, 0.3) is 22.2 Å². The number of likely N-dealkylation sites (N-methyl/N-ethyl adjacent to an activating group) is 1. The number of pyridine rings is 1. The van der Waals surface area contributed by atoms with Crippen molar-refractivity contribution in [3.8, 4) is 11.3 Å². The van der Waals surface area contributed by atoms with E-state index >= 15 is 0 Å². The molecule has 52 heavy (non-hydrogen) atoms. The Labute approximate surface area is 304 Å². The summed E-state index contributed by atoms with van der Waals surface area (Å²) in [5.41, 5.74) is 3.54. The van der Waals surface area contributed by atoms with E-state index in [2.05, 4.69) is 50.2 Å². The minimum absolute atomic E-state index is 0.198. The molecule has 4 aliphatic rings. The van der Waals surface area contributed by atoms with E-state index in [9.17, 15) is 18.0 Å². The first-order valence-corrected chi connectivity index (χ1v) is 19.1. The van der Waals surface area contributed by atoms with Crippen LogP contribution in [0.15, 0.2) is 72.8 Å². The van der Waals surface area contributed by atoms with Crippen LogP contribution in [0, 0.1) is 0 Å². The maximum Gasteiger partial charge on any atom is 0.416 e. The number of hydrogen-bond acceptors (Lipinski definition) is 6. The van der Waals surface area contributed by atoms with Crippen LogP contribution < -0.4 is 10.2 Å². The third-order valence-electron chi connectivity index (χ3n) is 11.9. The van der Waals surface area contributed by atoms with Crippen molar-refractivity contribution in [3.63, 3.8) is 0 Å². The number of hydrogen-bond donors (Lipinski definition) is 1. The van der Waals surface area contributed by atoms with Crippen LogP contribution in [0.1, 0.15) is 72.0 Å². The predicted molar refractivity (Wildman–Crippen MR) is 200 cm³/mol. The molecule has 7 nitrogen and oxygen atoms in total. The highest BCUT2D eigenvalue weighted by Gasteiger charge is 2.46. The first-order valence-electron chi connectivity index (χ1n) is 19.1. The molecule has 274 valence electrons. The molecule has 1 amide bonds. The molecule has 3 saturated heterocycles. The van der Waals surface area contributed by atoms with Gasteiger partial charge >= 0.3 is 6.18 Å². The highest BCUT2D eigenvalue weighted by Crippen LogP contribution is 2.46. The van der Waals surface area contributed by atoms with Gasteiger partial charge in [-0.2, -0.15) is 13.2 Å². The highest BCUT2D eigenvalue weighted by molar-refractivity contribution is 6.10. The van der Waals surface area contributed by atoms with E-state index in [1.165, 1.54) is 31.4 Å². The summed E-state index contributed by atoms with van der Waals surface area (Å²) in [5.74, 6) is -0.198. The van der Waals surface area contributed by atoms with Crippen LogP contribution >= 0.6 is 0 Å². The third-order valence-corrected chi connectivity index (χ3v) is 11.9. The Morgan fingerprint density at radius 2 is 1.58 bits per heavy atom. The van der Waals surface area contributed by atoms with E-state index in [1.54, 1.807) is 6.07 Å². The lowest BCUT2D eigenvalue weighted by Gasteiger charge is -2.40. The average molecular weight is 711 g/mol. The standard InChI is InChI=1S/C42H49F3N6O/c1-48-23-25-51(26-24-48)34-13-14-37-35(28-34)38(40(52)47-41(17-18-41)31-10-4-2-5-11-31)36(39(46-37)30-9-8-12-32(27-30)42(43,44)45)29-49-21-15-33(16-22-49)50-19-6-3-7-20-50/h2,4-5,8-14,27-28,33H,3,6-7,15-26,29H2,1H3,(H,47,52). The molecule has 3 aliphatic heterocycles. The summed E-state index contributed by atoms with van der Waals surface area (Å²) in [6.45, 7) is 8.08. The Bertz CT molecular complexity index is 1890. The van der Waals surface area contributed by atoms with Crippen molar-refractivity contribution in [1.82, 2.24) is 25.0 Å². The van der Waals surface area contributed by atoms with Gasteiger partial charge in [0.1, 0.15) is 0 Å². The molecule has 3 aromatic carbocycles. The van der Waals surface area contributed by atoms with Gasteiger partial charge in [-0.3, -0.25) is 9.69 Å². The van der Waals surface area contributed by atoms with E-state index in [-0.39, 0.29) is 5.91 Å². The SMILES string of the molecule is CN1CCN(c2ccc3nc(-c4cccc(C(F)(F)F)c4)c(CN4CCC(N5CCCCC5)CC4)c(C(=O)NC4(c5ccccc5)CC4)c3c2)CC1.